The predicted molar refractivity (Wildman–Crippen MR) is 77.7 cm³/mol. The van der Waals surface area contributed by atoms with Crippen molar-refractivity contribution in [3.05, 3.63) is 34.9 Å². The van der Waals surface area contributed by atoms with Crippen molar-refractivity contribution in [3.63, 3.8) is 0 Å². The lowest BCUT2D eigenvalue weighted by Gasteiger charge is -2.07. The van der Waals surface area contributed by atoms with Crippen LogP contribution in [0.5, 0.6) is 0 Å². The Kier molecular flexibility index (Phi) is 7.69. The van der Waals surface area contributed by atoms with Gasteiger partial charge in [-0.2, -0.15) is 0 Å². The van der Waals surface area contributed by atoms with Gasteiger partial charge in [-0.25, -0.2) is 0 Å². The lowest BCUT2D eigenvalue weighted by molar-refractivity contribution is -0.120. The first kappa shape index (κ1) is 16.5. The van der Waals surface area contributed by atoms with Gasteiger partial charge in [0.25, 0.3) is 5.91 Å². The van der Waals surface area contributed by atoms with Gasteiger partial charge in [-0.05, 0) is 37.5 Å². The van der Waals surface area contributed by atoms with Gasteiger partial charge in [-0.1, -0.05) is 17.7 Å². The van der Waals surface area contributed by atoms with Crippen molar-refractivity contribution < 1.29 is 14.7 Å². The smallest absolute Gasteiger partial charge is 0.251 e. The zero-order valence-corrected chi connectivity index (χ0v) is 11.9. The summed E-state index contributed by atoms with van der Waals surface area (Å²) in [5, 5.41) is 14.3. The third-order valence-corrected chi connectivity index (χ3v) is 2.89. The maximum absolute atomic E-state index is 11.7. The number of aliphatic hydroxyl groups excluding tert-OH is 1. The van der Waals surface area contributed by atoms with Gasteiger partial charge in [0.1, 0.15) is 0 Å². The van der Waals surface area contributed by atoms with Crippen LogP contribution in [0.2, 0.25) is 5.02 Å². The fraction of sp³-hybridized carbons (Fsp3) is 0.429. The van der Waals surface area contributed by atoms with Crippen LogP contribution in [-0.4, -0.2) is 36.6 Å². The highest BCUT2D eigenvalue weighted by atomic mass is 35.5. The lowest BCUT2D eigenvalue weighted by atomic mass is 10.2. The van der Waals surface area contributed by atoms with E-state index in [4.69, 9.17) is 16.7 Å². The van der Waals surface area contributed by atoms with Gasteiger partial charge < -0.3 is 15.7 Å². The summed E-state index contributed by atoms with van der Waals surface area (Å²) >= 11 is 5.78. The van der Waals surface area contributed by atoms with E-state index < -0.39 is 0 Å². The Bertz CT molecular complexity index is 452. The molecule has 0 aliphatic carbocycles. The van der Waals surface area contributed by atoms with Gasteiger partial charge in [-0.15, -0.1) is 0 Å². The Morgan fingerprint density at radius 3 is 2.65 bits per heavy atom. The summed E-state index contributed by atoms with van der Waals surface area (Å²) in [4.78, 5) is 23.2. The number of unbranched alkanes of at least 4 members (excludes halogenated alkanes) is 2. The predicted octanol–water partition coefficient (Wildman–Crippen LogP) is 1.35. The Morgan fingerprint density at radius 2 is 1.95 bits per heavy atom. The van der Waals surface area contributed by atoms with Crippen LogP contribution in [0.25, 0.3) is 0 Å². The summed E-state index contributed by atoms with van der Waals surface area (Å²) < 4.78 is 0. The second-order valence-corrected chi connectivity index (χ2v) is 4.76. The number of nitrogens with one attached hydrogen (secondary N) is 2. The van der Waals surface area contributed by atoms with E-state index in [0.29, 0.717) is 17.1 Å². The number of rotatable bonds is 8. The zero-order valence-electron chi connectivity index (χ0n) is 11.2. The average Bonchev–Trinajstić information content (AvgIpc) is 2.44. The van der Waals surface area contributed by atoms with Crippen LogP contribution in [0.4, 0.5) is 0 Å². The Morgan fingerprint density at radius 1 is 1.15 bits per heavy atom. The molecule has 1 aromatic rings. The largest absolute Gasteiger partial charge is 0.396 e. The third-order valence-electron chi connectivity index (χ3n) is 2.65. The number of carbonyl (C=O) groups is 2. The lowest BCUT2D eigenvalue weighted by Crippen LogP contribution is -2.37. The van der Waals surface area contributed by atoms with E-state index in [-0.39, 0.29) is 25.0 Å². The summed E-state index contributed by atoms with van der Waals surface area (Å²) in [5.41, 5.74) is 0.424. The van der Waals surface area contributed by atoms with Crippen molar-refractivity contribution in [1.82, 2.24) is 10.6 Å². The molecule has 3 N–H and O–H groups in total. The molecular weight excluding hydrogens is 280 g/mol. The number of carbonyl (C=O) groups excluding carboxylic acids is 2. The molecule has 0 aliphatic heterocycles. The van der Waals surface area contributed by atoms with Crippen molar-refractivity contribution in [2.24, 2.45) is 0 Å². The van der Waals surface area contributed by atoms with Crippen LogP contribution in [0.1, 0.15) is 29.6 Å². The van der Waals surface area contributed by atoms with Gasteiger partial charge in [0.2, 0.25) is 5.91 Å². The maximum Gasteiger partial charge on any atom is 0.251 e. The monoisotopic (exact) mass is 298 g/mol. The second kappa shape index (κ2) is 9.34. The molecule has 0 radical (unpaired) electrons. The molecule has 5 nitrogen and oxygen atoms in total. The minimum Gasteiger partial charge on any atom is -0.396 e. The molecule has 0 spiro atoms. The van der Waals surface area contributed by atoms with Gasteiger partial charge in [0, 0.05) is 23.7 Å². The zero-order chi connectivity index (χ0) is 14.8. The minimum atomic E-state index is -0.331. The molecule has 0 fully saturated rings. The first-order valence-corrected chi connectivity index (χ1v) is 6.92. The standard InChI is InChI=1S/C14H19ClN2O3/c15-12-6-4-5-11(9-12)14(20)17-10-13(19)16-7-2-1-3-8-18/h4-6,9,18H,1-3,7-8,10H2,(H,16,19)(H,17,20). The van der Waals surface area contributed by atoms with E-state index in [1.165, 1.54) is 0 Å². The van der Waals surface area contributed by atoms with Gasteiger partial charge in [-0.3, -0.25) is 9.59 Å². The van der Waals surface area contributed by atoms with Gasteiger partial charge >= 0.3 is 0 Å². The normalized spacial score (nSPS) is 10.1. The van der Waals surface area contributed by atoms with Crippen molar-refractivity contribution in [2.75, 3.05) is 19.7 Å². The molecule has 0 saturated heterocycles. The molecule has 6 heteroatoms. The summed E-state index contributed by atoms with van der Waals surface area (Å²) in [6, 6.07) is 6.54. The summed E-state index contributed by atoms with van der Waals surface area (Å²) in [5.74, 6) is -0.563. The number of aliphatic hydroxyl groups is 1. The molecule has 0 unspecified atom stereocenters. The number of hydrogen-bond donors (Lipinski definition) is 3. The first-order valence-electron chi connectivity index (χ1n) is 6.55. The van der Waals surface area contributed by atoms with Gasteiger partial charge in [0.05, 0.1) is 6.54 Å². The van der Waals surface area contributed by atoms with E-state index in [0.717, 1.165) is 19.3 Å². The molecule has 2 amide bonds. The molecule has 0 atom stereocenters. The number of amides is 2. The van der Waals surface area contributed by atoms with E-state index in [1.807, 2.05) is 0 Å². The molecule has 0 saturated carbocycles. The Hall–Kier alpha value is -1.59. The molecule has 20 heavy (non-hydrogen) atoms. The van der Waals surface area contributed by atoms with Crippen molar-refractivity contribution in [1.29, 1.82) is 0 Å². The molecule has 1 rings (SSSR count). The molecule has 0 heterocycles. The third kappa shape index (κ3) is 6.54. The molecule has 0 aliphatic rings. The molecule has 1 aromatic carbocycles. The highest BCUT2D eigenvalue weighted by molar-refractivity contribution is 6.30. The molecule has 110 valence electrons. The average molecular weight is 299 g/mol. The van der Waals surface area contributed by atoms with Crippen LogP contribution in [-0.2, 0) is 4.79 Å². The SMILES string of the molecule is O=C(CNC(=O)c1cccc(Cl)c1)NCCCCCO. The van der Waals surface area contributed by atoms with Crippen LogP contribution in [0.15, 0.2) is 24.3 Å². The molecule has 0 bridgehead atoms. The summed E-state index contributed by atoms with van der Waals surface area (Å²) in [6.07, 6.45) is 2.42. The van der Waals surface area contributed by atoms with Gasteiger partial charge in [0.15, 0.2) is 0 Å². The van der Waals surface area contributed by atoms with Crippen LogP contribution in [0, 0.1) is 0 Å². The van der Waals surface area contributed by atoms with E-state index in [2.05, 4.69) is 10.6 Å². The van der Waals surface area contributed by atoms with E-state index in [9.17, 15) is 9.59 Å². The minimum absolute atomic E-state index is 0.0641. The van der Waals surface area contributed by atoms with Crippen LogP contribution in [0.3, 0.4) is 0 Å². The topological polar surface area (TPSA) is 78.4 Å². The van der Waals surface area contributed by atoms with Crippen LogP contribution < -0.4 is 10.6 Å². The van der Waals surface area contributed by atoms with E-state index >= 15 is 0 Å². The Labute approximate surface area is 123 Å². The Balaban J connectivity index is 2.22. The molecule has 0 aromatic heterocycles. The molecular formula is C14H19ClN2O3. The van der Waals surface area contributed by atoms with Crippen molar-refractivity contribution in [2.45, 2.75) is 19.3 Å². The highest BCUT2D eigenvalue weighted by Crippen LogP contribution is 2.10. The van der Waals surface area contributed by atoms with E-state index in [1.54, 1.807) is 24.3 Å². The summed E-state index contributed by atoms with van der Waals surface area (Å²) in [7, 11) is 0. The number of benzene rings is 1. The highest BCUT2D eigenvalue weighted by Gasteiger charge is 2.07. The second-order valence-electron chi connectivity index (χ2n) is 4.33. The fourth-order valence-corrected chi connectivity index (χ4v) is 1.79. The van der Waals surface area contributed by atoms with Crippen molar-refractivity contribution in [3.8, 4) is 0 Å². The number of halogens is 1. The first-order chi connectivity index (χ1) is 9.63. The quantitative estimate of drug-likeness (QED) is 0.634. The summed E-state index contributed by atoms with van der Waals surface area (Å²) in [6.45, 7) is 0.654. The van der Waals surface area contributed by atoms with Crippen molar-refractivity contribution >= 4 is 23.4 Å². The van der Waals surface area contributed by atoms with Crippen LogP contribution >= 0.6 is 11.6 Å². The number of hydrogen-bond acceptors (Lipinski definition) is 3. The fourth-order valence-electron chi connectivity index (χ4n) is 1.60. The maximum atomic E-state index is 11.7.